The molecule has 2 heteroatoms. The Morgan fingerprint density at radius 1 is 1.31 bits per heavy atom. The molecular formula is C14H13NO. The molecule has 1 aromatic heterocycles. The van der Waals surface area contributed by atoms with Crippen molar-refractivity contribution in [3.8, 4) is 0 Å². The second kappa shape index (κ2) is 3.34. The van der Waals surface area contributed by atoms with Gasteiger partial charge in [0.1, 0.15) is 0 Å². The Bertz CT molecular complexity index is 592. The van der Waals surface area contributed by atoms with Crippen LogP contribution in [0.25, 0.3) is 10.9 Å². The number of carbonyl (C=O) groups excluding carboxylic acids is 1. The Morgan fingerprint density at radius 3 is 2.94 bits per heavy atom. The highest BCUT2D eigenvalue weighted by molar-refractivity contribution is 5.98. The van der Waals surface area contributed by atoms with Crippen molar-refractivity contribution < 1.29 is 4.79 Å². The number of aryl methyl sites for hydroxylation is 1. The fourth-order valence-corrected chi connectivity index (χ4v) is 2.37. The van der Waals surface area contributed by atoms with Gasteiger partial charge in [0.15, 0.2) is 5.78 Å². The van der Waals surface area contributed by atoms with Crippen LogP contribution >= 0.6 is 0 Å². The average Bonchev–Trinajstić information content (AvgIpc) is 2.86. The fourth-order valence-electron chi connectivity index (χ4n) is 2.37. The van der Waals surface area contributed by atoms with Crippen LogP contribution in [-0.2, 0) is 11.8 Å². The molecule has 2 aromatic rings. The van der Waals surface area contributed by atoms with Gasteiger partial charge >= 0.3 is 0 Å². The van der Waals surface area contributed by atoms with Crippen LogP contribution in [0.4, 0.5) is 0 Å². The van der Waals surface area contributed by atoms with Gasteiger partial charge in [-0.05, 0) is 41.6 Å². The summed E-state index contributed by atoms with van der Waals surface area (Å²) in [6, 6.07) is 8.38. The Kier molecular flexibility index (Phi) is 1.96. The lowest BCUT2D eigenvalue weighted by Crippen LogP contribution is -2.04. The summed E-state index contributed by atoms with van der Waals surface area (Å²) < 4.78 is 2.09. The Labute approximate surface area is 94.2 Å². The lowest BCUT2D eigenvalue weighted by Gasteiger charge is -2.08. The second-order valence-electron chi connectivity index (χ2n) is 4.34. The molecule has 0 aliphatic heterocycles. The van der Waals surface area contributed by atoms with Crippen molar-refractivity contribution in [1.82, 2.24) is 4.57 Å². The SMILES string of the molecule is Cn1ccc2cc(C3CC=CC3=O)ccc21. The van der Waals surface area contributed by atoms with Crippen molar-refractivity contribution in [3.63, 3.8) is 0 Å². The molecule has 1 aliphatic rings. The van der Waals surface area contributed by atoms with E-state index >= 15 is 0 Å². The van der Waals surface area contributed by atoms with Gasteiger partial charge in [-0.3, -0.25) is 4.79 Å². The molecule has 0 radical (unpaired) electrons. The van der Waals surface area contributed by atoms with Gasteiger partial charge in [0.2, 0.25) is 0 Å². The zero-order chi connectivity index (χ0) is 11.1. The van der Waals surface area contributed by atoms with Crippen LogP contribution in [-0.4, -0.2) is 10.4 Å². The van der Waals surface area contributed by atoms with Gasteiger partial charge in [-0.15, -0.1) is 0 Å². The normalized spacial score (nSPS) is 19.8. The van der Waals surface area contributed by atoms with Crippen LogP contribution in [0.15, 0.2) is 42.6 Å². The number of ketones is 1. The van der Waals surface area contributed by atoms with E-state index in [0.29, 0.717) is 0 Å². The number of benzene rings is 1. The van der Waals surface area contributed by atoms with Crippen molar-refractivity contribution in [3.05, 3.63) is 48.2 Å². The Hall–Kier alpha value is -1.83. The van der Waals surface area contributed by atoms with Gasteiger partial charge in [0, 0.05) is 18.8 Å². The van der Waals surface area contributed by atoms with Gasteiger partial charge in [0.05, 0.1) is 5.92 Å². The van der Waals surface area contributed by atoms with Crippen molar-refractivity contribution in [2.45, 2.75) is 12.3 Å². The minimum Gasteiger partial charge on any atom is -0.351 e. The third kappa shape index (κ3) is 1.30. The topological polar surface area (TPSA) is 22.0 Å². The largest absolute Gasteiger partial charge is 0.351 e. The maximum atomic E-state index is 11.6. The van der Waals surface area contributed by atoms with Crippen molar-refractivity contribution in [2.24, 2.45) is 7.05 Å². The predicted octanol–water partition coefficient (Wildman–Crippen LogP) is 2.79. The first-order valence-corrected chi connectivity index (χ1v) is 5.51. The first-order valence-electron chi connectivity index (χ1n) is 5.51. The Morgan fingerprint density at radius 2 is 2.19 bits per heavy atom. The standard InChI is InChI=1S/C14H13NO/c1-15-8-7-11-9-10(5-6-13(11)15)12-3-2-4-14(12)16/h2,4-9,12H,3H2,1H3. The van der Waals surface area contributed by atoms with Gasteiger partial charge in [-0.25, -0.2) is 0 Å². The number of hydrogen-bond acceptors (Lipinski definition) is 1. The summed E-state index contributed by atoms with van der Waals surface area (Å²) in [6.45, 7) is 0. The summed E-state index contributed by atoms with van der Waals surface area (Å²) in [4.78, 5) is 11.6. The molecule has 80 valence electrons. The summed E-state index contributed by atoms with van der Waals surface area (Å²) in [5.41, 5.74) is 2.34. The molecule has 0 amide bonds. The summed E-state index contributed by atoms with van der Waals surface area (Å²) in [5.74, 6) is 0.278. The maximum absolute atomic E-state index is 11.6. The van der Waals surface area contributed by atoms with Crippen molar-refractivity contribution in [1.29, 1.82) is 0 Å². The lowest BCUT2D eigenvalue weighted by molar-refractivity contribution is -0.115. The van der Waals surface area contributed by atoms with E-state index in [4.69, 9.17) is 0 Å². The third-order valence-corrected chi connectivity index (χ3v) is 3.31. The van der Waals surface area contributed by atoms with E-state index in [1.165, 1.54) is 10.9 Å². The minimum atomic E-state index is 0.0459. The highest BCUT2D eigenvalue weighted by Crippen LogP contribution is 2.29. The fraction of sp³-hybridized carbons (Fsp3) is 0.214. The summed E-state index contributed by atoms with van der Waals surface area (Å²) in [5, 5.41) is 1.21. The molecule has 1 unspecified atom stereocenters. The number of hydrogen-bond donors (Lipinski definition) is 0. The van der Waals surface area contributed by atoms with Crippen LogP contribution < -0.4 is 0 Å². The van der Waals surface area contributed by atoms with Crippen molar-refractivity contribution >= 4 is 16.7 Å². The number of fused-ring (bicyclic) bond motifs is 1. The van der Waals surface area contributed by atoms with Crippen LogP contribution in [0.3, 0.4) is 0 Å². The lowest BCUT2D eigenvalue weighted by atomic mass is 9.95. The molecule has 0 saturated heterocycles. The maximum Gasteiger partial charge on any atom is 0.163 e. The number of aromatic nitrogens is 1. The molecule has 16 heavy (non-hydrogen) atoms. The van der Waals surface area contributed by atoms with Gasteiger partial charge < -0.3 is 4.57 Å². The molecule has 0 bridgehead atoms. The molecule has 1 heterocycles. The summed E-state index contributed by atoms with van der Waals surface area (Å²) in [7, 11) is 2.03. The van der Waals surface area contributed by atoms with E-state index in [1.54, 1.807) is 6.08 Å². The molecular weight excluding hydrogens is 198 g/mol. The smallest absolute Gasteiger partial charge is 0.163 e. The van der Waals surface area contributed by atoms with Crippen molar-refractivity contribution in [2.75, 3.05) is 0 Å². The molecule has 2 nitrogen and oxygen atoms in total. The first kappa shape index (κ1) is 9.40. The van der Waals surface area contributed by atoms with Crippen LogP contribution in [0.2, 0.25) is 0 Å². The minimum absolute atomic E-state index is 0.0459. The average molecular weight is 211 g/mol. The molecule has 3 rings (SSSR count). The molecule has 0 fully saturated rings. The number of rotatable bonds is 1. The number of carbonyl (C=O) groups is 1. The first-order chi connectivity index (χ1) is 7.75. The van der Waals surface area contributed by atoms with Crippen LogP contribution in [0, 0.1) is 0 Å². The van der Waals surface area contributed by atoms with E-state index < -0.39 is 0 Å². The number of nitrogens with zero attached hydrogens (tertiary/aromatic N) is 1. The molecule has 0 N–H and O–H groups in total. The zero-order valence-electron chi connectivity index (χ0n) is 9.18. The highest BCUT2D eigenvalue weighted by atomic mass is 16.1. The quantitative estimate of drug-likeness (QED) is 0.711. The van der Waals surface area contributed by atoms with Crippen LogP contribution in [0.5, 0.6) is 0 Å². The van der Waals surface area contributed by atoms with Crippen LogP contribution in [0.1, 0.15) is 17.9 Å². The molecule has 0 spiro atoms. The Balaban J connectivity index is 2.08. The van der Waals surface area contributed by atoms with E-state index in [0.717, 1.165) is 12.0 Å². The predicted molar refractivity (Wildman–Crippen MR) is 64.4 cm³/mol. The highest BCUT2D eigenvalue weighted by Gasteiger charge is 2.21. The molecule has 1 atom stereocenters. The summed E-state index contributed by atoms with van der Waals surface area (Å²) in [6.07, 6.45) is 6.54. The van der Waals surface area contributed by atoms with Gasteiger partial charge in [-0.1, -0.05) is 12.1 Å². The number of allylic oxidation sites excluding steroid dienone is 2. The molecule has 1 aliphatic carbocycles. The van der Waals surface area contributed by atoms with E-state index in [-0.39, 0.29) is 11.7 Å². The second-order valence-corrected chi connectivity index (χ2v) is 4.34. The molecule has 0 saturated carbocycles. The van der Waals surface area contributed by atoms with E-state index in [1.807, 2.05) is 19.3 Å². The van der Waals surface area contributed by atoms with Gasteiger partial charge in [-0.2, -0.15) is 0 Å². The monoisotopic (exact) mass is 211 g/mol. The third-order valence-electron chi connectivity index (χ3n) is 3.31. The van der Waals surface area contributed by atoms with Gasteiger partial charge in [0.25, 0.3) is 0 Å². The van der Waals surface area contributed by atoms with E-state index in [9.17, 15) is 4.79 Å². The zero-order valence-corrected chi connectivity index (χ0v) is 9.18. The summed E-state index contributed by atoms with van der Waals surface area (Å²) >= 11 is 0. The van der Waals surface area contributed by atoms with E-state index in [2.05, 4.69) is 28.8 Å². The molecule has 1 aromatic carbocycles.